The number of ether oxygens (including phenoxy) is 2. The molecular formula is C13H11NO3. The molecule has 0 bridgehead atoms. The number of carbonyl (C=O) groups is 1. The number of benzene rings is 1. The topological polar surface area (TPSA) is 48.4 Å². The number of pyridine rings is 1. The van der Waals surface area contributed by atoms with Gasteiger partial charge in [0, 0.05) is 12.4 Å². The number of methoxy groups -OCH3 is 1. The van der Waals surface area contributed by atoms with E-state index in [1.165, 1.54) is 13.3 Å². The van der Waals surface area contributed by atoms with Gasteiger partial charge in [-0.15, -0.1) is 0 Å². The summed E-state index contributed by atoms with van der Waals surface area (Å²) < 4.78 is 10.3. The molecule has 0 spiro atoms. The highest BCUT2D eigenvalue weighted by Gasteiger charge is 2.11. The molecule has 0 N–H and O–H groups in total. The quantitative estimate of drug-likeness (QED) is 0.598. The van der Waals surface area contributed by atoms with Gasteiger partial charge in [0.15, 0.2) is 11.5 Å². The first-order chi connectivity index (χ1) is 8.31. The normalized spacial score (nSPS) is 9.71. The summed E-state index contributed by atoms with van der Waals surface area (Å²) in [6.07, 6.45) is 3.05. The SMILES string of the molecule is COc1ccccc1OC(=O)c1cccnc1. The number of nitrogens with zero attached hydrogens (tertiary/aromatic N) is 1. The standard InChI is InChI=1S/C13H11NO3/c1-16-11-6-2-3-7-12(11)17-13(15)10-5-4-8-14-9-10/h2-9H,1H3. The maximum absolute atomic E-state index is 11.8. The smallest absolute Gasteiger partial charge is 0.345 e. The summed E-state index contributed by atoms with van der Waals surface area (Å²) in [6, 6.07) is 10.3. The van der Waals surface area contributed by atoms with Crippen LogP contribution in [0.15, 0.2) is 48.8 Å². The summed E-state index contributed by atoms with van der Waals surface area (Å²) in [7, 11) is 1.52. The van der Waals surface area contributed by atoms with Crippen molar-refractivity contribution in [1.29, 1.82) is 0 Å². The van der Waals surface area contributed by atoms with E-state index in [2.05, 4.69) is 4.98 Å². The van der Waals surface area contributed by atoms with Crippen LogP contribution in [0.4, 0.5) is 0 Å². The van der Waals surface area contributed by atoms with Gasteiger partial charge in [-0.2, -0.15) is 0 Å². The third-order valence-electron chi connectivity index (χ3n) is 2.17. The van der Waals surface area contributed by atoms with Crippen LogP contribution in [0.2, 0.25) is 0 Å². The van der Waals surface area contributed by atoms with E-state index in [1.807, 2.05) is 0 Å². The van der Waals surface area contributed by atoms with Crippen molar-refractivity contribution < 1.29 is 14.3 Å². The van der Waals surface area contributed by atoms with E-state index in [0.29, 0.717) is 17.1 Å². The molecule has 1 heterocycles. The Balaban J connectivity index is 2.19. The summed E-state index contributed by atoms with van der Waals surface area (Å²) in [6.45, 7) is 0. The number of aromatic nitrogens is 1. The van der Waals surface area contributed by atoms with E-state index in [1.54, 1.807) is 42.6 Å². The molecule has 0 unspecified atom stereocenters. The van der Waals surface area contributed by atoms with Gasteiger partial charge in [-0.1, -0.05) is 12.1 Å². The summed E-state index contributed by atoms with van der Waals surface area (Å²) in [5, 5.41) is 0. The monoisotopic (exact) mass is 229 g/mol. The number of carbonyl (C=O) groups excluding carboxylic acids is 1. The minimum absolute atomic E-state index is 0.392. The highest BCUT2D eigenvalue weighted by Crippen LogP contribution is 2.26. The molecule has 17 heavy (non-hydrogen) atoms. The fourth-order valence-electron chi connectivity index (χ4n) is 1.35. The molecule has 4 heteroatoms. The molecule has 0 fully saturated rings. The van der Waals surface area contributed by atoms with Crippen LogP contribution in [0.3, 0.4) is 0 Å². The first kappa shape index (κ1) is 11.1. The number of esters is 1. The molecule has 0 saturated carbocycles. The van der Waals surface area contributed by atoms with Gasteiger partial charge in [-0.05, 0) is 24.3 Å². The van der Waals surface area contributed by atoms with Gasteiger partial charge >= 0.3 is 5.97 Å². The molecule has 0 radical (unpaired) electrons. The van der Waals surface area contributed by atoms with Crippen molar-refractivity contribution in [2.75, 3.05) is 7.11 Å². The second-order valence-electron chi connectivity index (χ2n) is 3.28. The molecule has 0 aliphatic rings. The predicted octanol–water partition coefficient (Wildman–Crippen LogP) is 2.31. The molecule has 0 aliphatic carbocycles. The fourth-order valence-corrected chi connectivity index (χ4v) is 1.35. The first-order valence-corrected chi connectivity index (χ1v) is 5.06. The molecule has 0 aliphatic heterocycles. The zero-order chi connectivity index (χ0) is 12.1. The Hall–Kier alpha value is -2.36. The average Bonchev–Trinajstić information content (AvgIpc) is 2.40. The van der Waals surface area contributed by atoms with Crippen LogP contribution in [0, 0.1) is 0 Å². The van der Waals surface area contributed by atoms with Gasteiger partial charge < -0.3 is 9.47 Å². The van der Waals surface area contributed by atoms with Crippen LogP contribution in [-0.2, 0) is 0 Å². The van der Waals surface area contributed by atoms with Gasteiger partial charge in [0.2, 0.25) is 0 Å². The molecule has 0 amide bonds. The van der Waals surface area contributed by atoms with Crippen LogP contribution in [0.5, 0.6) is 11.5 Å². The minimum atomic E-state index is -0.456. The van der Waals surface area contributed by atoms with Gasteiger partial charge in [-0.3, -0.25) is 4.98 Å². The Morgan fingerprint density at radius 3 is 2.53 bits per heavy atom. The zero-order valence-corrected chi connectivity index (χ0v) is 9.29. The summed E-state index contributed by atoms with van der Waals surface area (Å²) >= 11 is 0. The van der Waals surface area contributed by atoms with Crippen LogP contribution >= 0.6 is 0 Å². The maximum atomic E-state index is 11.8. The lowest BCUT2D eigenvalue weighted by Crippen LogP contribution is -2.09. The second kappa shape index (κ2) is 5.12. The number of rotatable bonds is 3. The summed E-state index contributed by atoms with van der Waals surface area (Å²) in [5.74, 6) is 0.455. The molecule has 1 aromatic heterocycles. The van der Waals surface area contributed by atoms with Crippen LogP contribution in [0.25, 0.3) is 0 Å². The van der Waals surface area contributed by atoms with Crippen molar-refractivity contribution in [1.82, 2.24) is 4.98 Å². The van der Waals surface area contributed by atoms with Crippen molar-refractivity contribution in [2.45, 2.75) is 0 Å². The van der Waals surface area contributed by atoms with Crippen molar-refractivity contribution >= 4 is 5.97 Å². The molecule has 86 valence electrons. The fraction of sp³-hybridized carbons (Fsp3) is 0.0769. The van der Waals surface area contributed by atoms with Crippen molar-refractivity contribution in [3.05, 3.63) is 54.4 Å². The van der Waals surface area contributed by atoms with Gasteiger partial charge in [0.05, 0.1) is 12.7 Å². The Kier molecular flexibility index (Phi) is 3.35. The molecule has 1 aromatic carbocycles. The number of para-hydroxylation sites is 2. The van der Waals surface area contributed by atoms with Gasteiger partial charge in [0.1, 0.15) is 0 Å². The summed E-state index contributed by atoms with van der Waals surface area (Å²) in [5.41, 5.74) is 0.401. The predicted molar refractivity (Wildman–Crippen MR) is 62.2 cm³/mol. The number of hydrogen-bond donors (Lipinski definition) is 0. The maximum Gasteiger partial charge on any atom is 0.345 e. The second-order valence-corrected chi connectivity index (χ2v) is 3.28. The average molecular weight is 229 g/mol. The Labute approximate surface area is 98.8 Å². The van der Waals surface area contributed by atoms with Crippen LogP contribution < -0.4 is 9.47 Å². The van der Waals surface area contributed by atoms with Crippen LogP contribution in [-0.4, -0.2) is 18.1 Å². The lowest BCUT2D eigenvalue weighted by atomic mass is 10.3. The van der Waals surface area contributed by atoms with E-state index >= 15 is 0 Å². The van der Waals surface area contributed by atoms with Crippen molar-refractivity contribution in [2.24, 2.45) is 0 Å². The number of hydrogen-bond acceptors (Lipinski definition) is 4. The molecule has 2 aromatic rings. The Morgan fingerprint density at radius 1 is 1.12 bits per heavy atom. The van der Waals surface area contributed by atoms with E-state index in [0.717, 1.165) is 0 Å². The van der Waals surface area contributed by atoms with E-state index in [4.69, 9.17) is 9.47 Å². The van der Waals surface area contributed by atoms with Crippen molar-refractivity contribution in [3.63, 3.8) is 0 Å². The largest absolute Gasteiger partial charge is 0.493 e. The van der Waals surface area contributed by atoms with E-state index in [-0.39, 0.29) is 0 Å². The van der Waals surface area contributed by atoms with Crippen LogP contribution in [0.1, 0.15) is 10.4 Å². The first-order valence-electron chi connectivity index (χ1n) is 5.06. The molecule has 0 atom stereocenters. The summed E-state index contributed by atoms with van der Waals surface area (Å²) in [4.78, 5) is 15.6. The molecular weight excluding hydrogens is 218 g/mol. The molecule has 4 nitrogen and oxygen atoms in total. The highest BCUT2D eigenvalue weighted by atomic mass is 16.6. The molecule has 0 saturated heterocycles. The highest BCUT2D eigenvalue weighted by molar-refractivity contribution is 5.90. The lowest BCUT2D eigenvalue weighted by molar-refractivity contribution is 0.0729. The van der Waals surface area contributed by atoms with Gasteiger partial charge in [-0.25, -0.2) is 4.79 Å². The zero-order valence-electron chi connectivity index (χ0n) is 9.29. The Morgan fingerprint density at radius 2 is 1.88 bits per heavy atom. The molecule has 2 rings (SSSR count). The lowest BCUT2D eigenvalue weighted by Gasteiger charge is -2.08. The van der Waals surface area contributed by atoms with E-state index in [9.17, 15) is 4.79 Å². The third-order valence-corrected chi connectivity index (χ3v) is 2.17. The van der Waals surface area contributed by atoms with Gasteiger partial charge in [0.25, 0.3) is 0 Å². The third kappa shape index (κ3) is 2.60. The van der Waals surface area contributed by atoms with E-state index < -0.39 is 5.97 Å². The Bertz CT molecular complexity index is 511. The van der Waals surface area contributed by atoms with Crippen molar-refractivity contribution in [3.8, 4) is 11.5 Å². The minimum Gasteiger partial charge on any atom is -0.493 e.